The Morgan fingerprint density at radius 1 is 1.45 bits per heavy atom. The first-order valence-corrected chi connectivity index (χ1v) is 7.62. The van der Waals surface area contributed by atoms with Crippen molar-refractivity contribution in [3.8, 4) is 5.75 Å². The molecule has 0 bridgehead atoms. The topological polar surface area (TPSA) is 41.6 Å². The van der Waals surface area contributed by atoms with Gasteiger partial charge in [0.1, 0.15) is 5.75 Å². The second-order valence-corrected chi connectivity index (χ2v) is 5.77. The van der Waals surface area contributed by atoms with Gasteiger partial charge in [-0.05, 0) is 44.2 Å². The molecule has 1 amide bonds. The van der Waals surface area contributed by atoms with E-state index in [9.17, 15) is 4.79 Å². The van der Waals surface area contributed by atoms with Crippen LogP contribution in [0.15, 0.2) is 22.7 Å². The Labute approximate surface area is 129 Å². The summed E-state index contributed by atoms with van der Waals surface area (Å²) in [4.78, 5) is 13.5. The molecule has 5 heteroatoms. The quantitative estimate of drug-likeness (QED) is 0.828. The van der Waals surface area contributed by atoms with E-state index in [-0.39, 0.29) is 18.6 Å². The lowest BCUT2D eigenvalue weighted by Crippen LogP contribution is -2.36. The zero-order chi connectivity index (χ0) is 15.1. The fourth-order valence-electron chi connectivity index (χ4n) is 1.57. The molecule has 1 aromatic carbocycles. The molecule has 0 radical (unpaired) electrons. The number of ether oxygens (including phenoxy) is 1. The van der Waals surface area contributed by atoms with Crippen molar-refractivity contribution >= 4 is 21.8 Å². The van der Waals surface area contributed by atoms with Gasteiger partial charge in [-0.2, -0.15) is 0 Å². The maximum absolute atomic E-state index is 11.9. The van der Waals surface area contributed by atoms with E-state index >= 15 is 0 Å². The number of carbonyl (C=O) groups is 1. The molecule has 4 nitrogen and oxygen atoms in total. The number of amides is 1. The van der Waals surface area contributed by atoms with Gasteiger partial charge in [-0.3, -0.25) is 4.79 Å². The van der Waals surface area contributed by atoms with Gasteiger partial charge in [0.25, 0.3) is 5.91 Å². The molecule has 0 unspecified atom stereocenters. The van der Waals surface area contributed by atoms with E-state index in [1.807, 2.05) is 32.0 Å². The van der Waals surface area contributed by atoms with Crippen LogP contribution in [0.2, 0.25) is 0 Å². The predicted octanol–water partition coefficient (Wildman–Crippen LogP) is 2.80. The van der Waals surface area contributed by atoms with E-state index in [0.717, 1.165) is 23.1 Å². The van der Waals surface area contributed by atoms with E-state index in [2.05, 4.69) is 28.2 Å². The Kier molecular flexibility index (Phi) is 7.02. The largest absolute Gasteiger partial charge is 0.484 e. The molecule has 0 saturated carbocycles. The first kappa shape index (κ1) is 17.0. The maximum atomic E-state index is 11.9. The van der Waals surface area contributed by atoms with Crippen molar-refractivity contribution in [2.24, 2.45) is 0 Å². The molecule has 0 aliphatic heterocycles. The molecule has 1 N–H and O–H groups in total. The average Bonchev–Trinajstić information content (AvgIpc) is 2.43. The number of hydrogen-bond acceptors (Lipinski definition) is 3. The minimum Gasteiger partial charge on any atom is -0.484 e. The summed E-state index contributed by atoms with van der Waals surface area (Å²) in [5.41, 5.74) is 1.12. The molecule has 1 aromatic rings. The smallest absolute Gasteiger partial charge is 0.260 e. The van der Waals surface area contributed by atoms with Crippen molar-refractivity contribution in [2.75, 3.05) is 20.2 Å². The number of halogens is 1. The van der Waals surface area contributed by atoms with Gasteiger partial charge in [-0.15, -0.1) is 0 Å². The van der Waals surface area contributed by atoms with Gasteiger partial charge in [0.15, 0.2) is 6.61 Å². The standard InChI is InChI=1S/C15H23BrN2O2/c1-5-17-9-12-8-13(6-7-14(12)16)20-10-15(19)18(4)11(2)3/h6-8,11,17H,5,9-10H2,1-4H3. The van der Waals surface area contributed by atoms with Crippen molar-refractivity contribution < 1.29 is 9.53 Å². The molecular weight excluding hydrogens is 320 g/mol. The molecular formula is C15H23BrN2O2. The van der Waals surface area contributed by atoms with Gasteiger partial charge in [0.2, 0.25) is 0 Å². The molecule has 0 heterocycles. The van der Waals surface area contributed by atoms with Gasteiger partial charge >= 0.3 is 0 Å². The molecule has 20 heavy (non-hydrogen) atoms. The molecule has 0 saturated heterocycles. The van der Waals surface area contributed by atoms with Crippen LogP contribution in [0.25, 0.3) is 0 Å². The number of carbonyl (C=O) groups excluding carboxylic acids is 1. The molecule has 0 spiro atoms. The third-order valence-electron chi connectivity index (χ3n) is 3.11. The lowest BCUT2D eigenvalue weighted by Gasteiger charge is -2.21. The third-order valence-corrected chi connectivity index (χ3v) is 3.89. The Hall–Kier alpha value is -1.07. The Balaban J connectivity index is 2.62. The second-order valence-electron chi connectivity index (χ2n) is 4.92. The summed E-state index contributed by atoms with van der Waals surface area (Å²) in [7, 11) is 1.79. The summed E-state index contributed by atoms with van der Waals surface area (Å²) < 4.78 is 6.61. The minimum absolute atomic E-state index is 0.0175. The van der Waals surface area contributed by atoms with Crippen LogP contribution in [-0.2, 0) is 11.3 Å². The highest BCUT2D eigenvalue weighted by Gasteiger charge is 2.12. The van der Waals surface area contributed by atoms with Gasteiger partial charge in [0.05, 0.1) is 0 Å². The molecule has 112 valence electrons. The summed E-state index contributed by atoms with van der Waals surface area (Å²) >= 11 is 3.51. The number of benzene rings is 1. The highest BCUT2D eigenvalue weighted by atomic mass is 79.9. The Bertz CT molecular complexity index is 449. The van der Waals surface area contributed by atoms with E-state index in [1.165, 1.54) is 0 Å². The number of nitrogens with one attached hydrogen (secondary N) is 1. The second kappa shape index (κ2) is 8.27. The van der Waals surface area contributed by atoms with Gasteiger partial charge in [0, 0.05) is 24.1 Å². The monoisotopic (exact) mass is 342 g/mol. The van der Waals surface area contributed by atoms with Crippen LogP contribution in [0.3, 0.4) is 0 Å². The van der Waals surface area contributed by atoms with Crippen LogP contribution in [0.4, 0.5) is 0 Å². The number of hydrogen-bond donors (Lipinski definition) is 1. The zero-order valence-electron chi connectivity index (χ0n) is 12.6. The van der Waals surface area contributed by atoms with Crippen LogP contribution in [0.1, 0.15) is 26.3 Å². The van der Waals surface area contributed by atoms with Crippen LogP contribution in [-0.4, -0.2) is 37.0 Å². The summed E-state index contributed by atoms with van der Waals surface area (Å²) in [6.07, 6.45) is 0. The van der Waals surface area contributed by atoms with Crippen molar-refractivity contribution in [1.82, 2.24) is 10.2 Å². The summed E-state index contributed by atoms with van der Waals surface area (Å²) in [5, 5.41) is 3.27. The first-order chi connectivity index (χ1) is 9.45. The maximum Gasteiger partial charge on any atom is 0.260 e. The Morgan fingerprint density at radius 2 is 2.15 bits per heavy atom. The van der Waals surface area contributed by atoms with Crippen LogP contribution >= 0.6 is 15.9 Å². The summed E-state index contributed by atoms with van der Waals surface area (Å²) in [6, 6.07) is 5.94. The van der Waals surface area contributed by atoms with Gasteiger partial charge in [-0.25, -0.2) is 0 Å². The van der Waals surface area contributed by atoms with Gasteiger partial charge < -0.3 is 15.0 Å². The van der Waals surface area contributed by atoms with Crippen molar-refractivity contribution in [3.63, 3.8) is 0 Å². The van der Waals surface area contributed by atoms with Crippen LogP contribution in [0, 0.1) is 0 Å². The van der Waals surface area contributed by atoms with Crippen molar-refractivity contribution in [1.29, 1.82) is 0 Å². The molecule has 0 aliphatic rings. The van der Waals surface area contributed by atoms with Crippen LogP contribution in [0.5, 0.6) is 5.75 Å². The number of rotatable bonds is 7. The highest BCUT2D eigenvalue weighted by Crippen LogP contribution is 2.22. The molecule has 0 aromatic heterocycles. The summed E-state index contributed by atoms with van der Waals surface area (Å²) in [5.74, 6) is 0.697. The van der Waals surface area contributed by atoms with E-state index in [1.54, 1.807) is 11.9 Å². The average molecular weight is 343 g/mol. The zero-order valence-corrected chi connectivity index (χ0v) is 14.2. The van der Waals surface area contributed by atoms with Crippen LogP contribution < -0.4 is 10.1 Å². The summed E-state index contributed by atoms with van der Waals surface area (Å²) in [6.45, 7) is 7.77. The highest BCUT2D eigenvalue weighted by molar-refractivity contribution is 9.10. The molecule has 1 rings (SSSR count). The predicted molar refractivity (Wildman–Crippen MR) is 84.9 cm³/mol. The van der Waals surface area contributed by atoms with E-state index in [0.29, 0.717) is 5.75 Å². The van der Waals surface area contributed by atoms with E-state index in [4.69, 9.17) is 4.74 Å². The lowest BCUT2D eigenvalue weighted by molar-refractivity contribution is -0.133. The minimum atomic E-state index is -0.0175. The number of likely N-dealkylation sites (N-methyl/N-ethyl adjacent to an activating group) is 1. The first-order valence-electron chi connectivity index (χ1n) is 6.83. The van der Waals surface area contributed by atoms with E-state index < -0.39 is 0 Å². The fourth-order valence-corrected chi connectivity index (χ4v) is 1.96. The normalized spacial score (nSPS) is 10.7. The SMILES string of the molecule is CCNCc1cc(OCC(=O)N(C)C(C)C)ccc1Br. The lowest BCUT2D eigenvalue weighted by atomic mass is 10.2. The molecule has 0 fully saturated rings. The third kappa shape index (κ3) is 5.13. The molecule has 0 atom stereocenters. The van der Waals surface area contributed by atoms with Crippen molar-refractivity contribution in [2.45, 2.75) is 33.4 Å². The number of nitrogens with zero attached hydrogens (tertiary/aromatic N) is 1. The molecule has 0 aliphatic carbocycles. The fraction of sp³-hybridized carbons (Fsp3) is 0.533. The van der Waals surface area contributed by atoms with Gasteiger partial charge in [-0.1, -0.05) is 22.9 Å². The Morgan fingerprint density at radius 3 is 2.75 bits per heavy atom. The van der Waals surface area contributed by atoms with Crippen molar-refractivity contribution in [3.05, 3.63) is 28.2 Å².